The first-order valence-electron chi connectivity index (χ1n) is 9.20. The molecular formula is C22H13F6N3O. The maximum Gasteiger partial charge on any atom is 0.416 e. The zero-order chi connectivity index (χ0) is 23.3. The summed E-state index contributed by atoms with van der Waals surface area (Å²) < 4.78 is 77.9. The Kier molecular flexibility index (Phi) is 5.03. The summed E-state index contributed by atoms with van der Waals surface area (Å²) in [6, 6.07) is 11.3. The van der Waals surface area contributed by atoms with E-state index in [1.165, 1.54) is 30.3 Å². The van der Waals surface area contributed by atoms with Crippen LogP contribution < -0.4 is 5.56 Å². The Morgan fingerprint density at radius 1 is 0.750 bits per heavy atom. The average Bonchev–Trinajstić information content (AvgIpc) is 2.73. The molecule has 0 unspecified atom stereocenters. The molecule has 0 spiro atoms. The van der Waals surface area contributed by atoms with E-state index >= 15 is 0 Å². The molecule has 2 aromatic carbocycles. The van der Waals surface area contributed by atoms with Gasteiger partial charge in [0.15, 0.2) is 5.65 Å². The molecule has 2 aromatic heterocycles. The Hall–Kier alpha value is -3.69. The second kappa shape index (κ2) is 7.47. The fourth-order valence-electron chi connectivity index (χ4n) is 3.23. The van der Waals surface area contributed by atoms with Crippen molar-refractivity contribution in [3.05, 3.63) is 87.8 Å². The van der Waals surface area contributed by atoms with Crippen molar-refractivity contribution in [3.8, 4) is 22.4 Å². The molecule has 0 aliphatic heterocycles. The van der Waals surface area contributed by atoms with Crippen LogP contribution >= 0.6 is 0 Å². The van der Waals surface area contributed by atoms with Gasteiger partial charge < -0.3 is 0 Å². The van der Waals surface area contributed by atoms with Crippen molar-refractivity contribution in [2.75, 3.05) is 0 Å². The first-order valence-corrected chi connectivity index (χ1v) is 9.20. The highest BCUT2D eigenvalue weighted by Crippen LogP contribution is 2.32. The van der Waals surface area contributed by atoms with Crippen LogP contribution in [0.15, 0.2) is 65.5 Å². The van der Waals surface area contributed by atoms with Gasteiger partial charge in [0.25, 0.3) is 5.56 Å². The molecular weight excluding hydrogens is 436 g/mol. The Morgan fingerprint density at radius 2 is 1.25 bits per heavy atom. The Balaban J connectivity index is 1.80. The molecule has 0 amide bonds. The van der Waals surface area contributed by atoms with Crippen LogP contribution in [0.3, 0.4) is 0 Å². The fourth-order valence-corrected chi connectivity index (χ4v) is 3.23. The topological polar surface area (TPSA) is 47.3 Å². The zero-order valence-electron chi connectivity index (χ0n) is 16.3. The van der Waals surface area contributed by atoms with E-state index in [0.717, 1.165) is 34.8 Å². The number of halogens is 6. The lowest BCUT2D eigenvalue weighted by Gasteiger charge is -2.11. The van der Waals surface area contributed by atoms with E-state index in [9.17, 15) is 31.1 Å². The first-order chi connectivity index (χ1) is 14.9. The number of alkyl halides is 6. The normalized spacial score (nSPS) is 12.3. The summed E-state index contributed by atoms with van der Waals surface area (Å²) in [6.45, 7) is 1.60. The summed E-state index contributed by atoms with van der Waals surface area (Å²) >= 11 is 0. The average molecular weight is 449 g/mol. The third-order valence-electron chi connectivity index (χ3n) is 4.87. The van der Waals surface area contributed by atoms with Crippen molar-refractivity contribution in [1.82, 2.24) is 14.6 Å². The van der Waals surface area contributed by atoms with E-state index in [2.05, 4.69) is 10.1 Å². The van der Waals surface area contributed by atoms with E-state index in [4.69, 9.17) is 0 Å². The van der Waals surface area contributed by atoms with Crippen LogP contribution in [0.1, 0.15) is 16.8 Å². The molecule has 32 heavy (non-hydrogen) atoms. The molecule has 0 aliphatic carbocycles. The van der Waals surface area contributed by atoms with Crippen LogP contribution in [0.4, 0.5) is 26.3 Å². The third-order valence-corrected chi connectivity index (χ3v) is 4.87. The lowest BCUT2D eigenvalue weighted by atomic mass is 10.0. The van der Waals surface area contributed by atoms with Gasteiger partial charge in [-0.15, -0.1) is 0 Å². The minimum absolute atomic E-state index is 0.105. The van der Waals surface area contributed by atoms with E-state index in [1.54, 1.807) is 6.92 Å². The number of hydrogen-bond acceptors (Lipinski definition) is 3. The molecule has 4 rings (SSSR count). The van der Waals surface area contributed by atoms with Crippen LogP contribution in [-0.2, 0) is 12.4 Å². The van der Waals surface area contributed by atoms with Gasteiger partial charge in [0.1, 0.15) is 0 Å². The smallest absolute Gasteiger partial charge is 0.267 e. The van der Waals surface area contributed by atoms with E-state index < -0.39 is 29.0 Å². The Bertz CT molecular complexity index is 1350. The molecule has 2 heterocycles. The summed E-state index contributed by atoms with van der Waals surface area (Å²) in [7, 11) is 0. The fraction of sp³-hybridized carbons (Fsp3) is 0.136. The van der Waals surface area contributed by atoms with Crippen LogP contribution in [0, 0.1) is 6.92 Å². The minimum atomic E-state index is -4.49. The van der Waals surface area contributed by atoms with E-state index in [-0.39, 0.29) is 11.3 Å². The van der Waals surface area contributed by atoms with Gasteiger partial charge in [0.05, 0.1) is 22.5 Å². The molecule has 0 radical (unpaired) electrons. The number of aromatic nitrogens is 3. The van der Waals surface area contributed by atoms with Crippen molar-refractivity contribution in [2.24, 2.45) is 0 Å². The van der Waals surface area contributed by atoms with Crippen LogP contribution in [-0.4, -0.2) is 14.6 Å². The van der Waals surface area contributed by atoms with E-state index in [0.29, 0.717) is 22.4 Å². The molecule has 0 aliphatic rings. The van der Waals surface area contributed by atoms with Gasteiger partial charge >= 0.3 is 12.4 Å². The highest BCUT2D eigenvalue weighted by atomic mass is 19.4. The SMILES string of the molecule is Cc1nn2c(=O)cc(-c3ccc(C(F)(F)F)cc3)nc2cc1-c1ccc(C(F)(F)F)cc1. The summed E-state index contributed by atoms with van der Waals surface area (Å²) in [5, 5.41) is 4.17. The number of benzene rings is 2. The molecule has 4 nitrogen and oxygen atoms in total. The monoisotopic (exact) mass is 449 g/mol. The standard InChI is InChI=1S/C22H13F6N3O/c1-12-17(13-2-6-15(7-3-13)21(23,24)25)10-19-29-18(11-20(32)31(19)30-12)14-4-8-16(9-5-14)22(26,27)28/h2-11H,1H3. The molecule has 0 N–H and O–H groups in total. The van der Waals surface area contributed by atoms with Gasteiger partial charge in [0, 0.05) is 17.2 Å². The Morgan fingerprint density at radius 3 is 1.75 bits per heavy atom. The lowest BCUT2D eigenvalue weighted by Crippen LogP contribution is -2.18. The summed E-state index contributed by atoms with van der Waals surface area (Å²) in [6.07, 6.45) is -8.96. The summed E-state index contributed by atoms with van der Waals surface area (Å²) in [5.41, 5.74) is -0.326. The number of aryl methyl sites for hydroxylation is 1. The number of fused-ring (bicyclic) bond motifs is 1. The zero-order valence-corrected chi connectivity index (χ0v) is 16.3. The van der Waals surface area contributed by atoms with Crippen LogP contribution in [0.2, 0.25) is 0 Å². The first kappa shape index (κ1) is 21.5. The van der Waals surface area contributed by atoms with Gasteiger partial charge in [-0.3, -0.25) is 4.79 Å². The molecule has 0 atom stereocenters. The molecule has 0 fully saturated rings. The van der Waals surface area contributed by atoms with Crippen LogP contribution in [0.25, 0.3) is 28.0 Å². The largest absolute Gasteiger partial charge is 0.416 e. The van der Waals surface area contributed by atoms with Gasteiger partial charge in [-0.25, -0.2) is 4.98 Å². The van der Waals surface area contributed by atoms with Gasteiger partial charge in [-0.05, 0) is 42.8 Å². The highest BCUT2D eigenvalue weighted by molar-refractivity contribution is 5.70. The second-order valence-corrected chi connectivity index (χ2v) is 7.04. The predicted octanol–water partition coefficient (Wildman–Crippen LogP) is 5.77. The maximum absolute atomic E-state index is 12.8. The molecule has 0 saturated heterocycles. The highest BCUT2D eigenvalue weighted by Gasteiger charge is 2.31. The number of hydrogen-bond donors (Lipinski definition) is 0. The van der Waals surface area contributed by atoms with E-state index in [1.807, 2.05) is 0 Å². The Labute approximate surface area is 176 Å². The third kappa shape index (κ3) is 4.08. The number of rotatable bonds is 2. The molecule has 4 aromatic rings. The van der Waals surface area contributed by atoms with Crippen LogP contribution in [0.5, 0.6) is 0 Å². The molecule has 0 saturated carbocycles. The van der Waals surface area contributed by atoms with Gasteiger partial charge in [0.2, 0.25) is 0 Å². The van der Waals surface area contributed by atoms with Crippen molar-refractivity contribution in [1.29, 1.82) is 0 Å². The molecule has 164 valence electrons. The van der Waals surface area contributed by atoms with Crippen molar-refractivity contribution in [3.63, 3.8) is 0 Å². The maximum atomic E-state index is 12.8. The van der Waals surface area contributed by atoms with Gasteiger partial charge in [-0.2, -0.15) is 36.0 Å². The second-order valence-electron chi connectivity index (χ2n) is 7.04. The predicted molar refractivity (Wildman–Crippen MR) is 105 cm³/mol. The summed E-state index contributed by atoms with van der Waals surface area (Å²) in [4.78, 5) is 16.8. The quantitative estimate of drug-likeness (QED) is 0.365. The summed E-state index contributed by atoms with van der Waals surface area (Å²) in [5.74, 6) is 0. The van der Waals surface area contributed by atoms with Gasteiger partial charge in [-0.1, -0.05) is 24.3 Å². The molecule has 10 heteroatoms. The number of nitrogens with zero attached hydrogens (tertiary/aromatic N) is 3. The van der Waals surface area contributed by atoms with Crippen molar-refractivity contribution >= 4 is 5.65 Å². The van der Waals surface area contributed by atoms with Crippen molar-refractivity contribution in [2.45, 2.75) is 19.3 Å². The lowest BCUT2D eigenvalue weighted by molar-refractivity contribution is -0.138. The van der Waals surface area contributed by atoms with Crippen molar-refractivity contribution < 1.29 is 26.3 Å². The minimum Gasteiger partial charge on any atom is -0.267 e. The molecule has 0 bridgehead atoms.